The Balaban J connectivity index is 2.98. The largest absolute Gasteiger partial charge is 0.123 e. The average molecular weight is 312 g/mol. The summed E-state index contributed by atoms with van der Waals surface area (Å²) >= 11 is 9.58. The molecule has 0 bridgehead atoms. The lowest BCUT2D eigenvalue weighted by molar-refractivity contribution is 0.550. The molecule has 0 radical (unpaired) electrons. The lowest BCUT2D eigenvalue weighted by Gasteiger charge is -2.06. The van der Waals surface area contributed by atoms with Gasteiger partial charge in [-0.25, -0.2) is 0 Å². The summed E-state index contributed by atoms with van der Waals surface area (Å²) in [6, 6.07) is 0. The number of rotatable bonds is 12. The molecule has 0 aromatic heterocycles. The van der Waals surface area contributed by atoms with Crippen LogP contribution in [0.2, 0.25) is 0 Å². The molecule has 0 aliphatic rings. The Bertz CT molecular complexity index is 128. The molecular weight excluding hydrogens is 284 g/mol. The van der Waals surface area contributed by atoms with Crippen LogP contribution < -0.4 is 0 Å². The van der Waals surface area contributed by atoms with Crippen molar-refractivity contribution in [3.63, 3.8) is 0 Å². The summed E-state index contributed by atoms with van der Waals surface area (Å²) in [6.07, 6.45) is 14.9. The van der Waals surface area contributed by atoms with Gasteiger partial charge in [0.25, 0.3) is 0 Å². The van der Waals surface area contributed by atoms with Crippen molar-refractivity contribution in [1.29, 1.82) is 0 Å². The summed E-state index contributed by atoms with van der Waals surface area (Å²) < 4.78 is 0. The first-order chi connectivity index (χ1) is 7.81. The molecule has 2 heteroatoms. The van der Waals surface area contributed by atoms with Gasteiger partial charge in [0.2, 0.25) is 0 Å². The summed E-state index contributed by atoms with van der Waals surface area (Å²) in [5, 5.41) is 1.43. The van der Waals surface area contributed by atoms with E-state index in [4.69, 9.17) is 11.6 Å². The molecule has 0 aliphatic carbocycles. The fourth-order valence-electron chi connectivity index (χ4n) is 1.94. The van der Waals surface area contributed by atoms with Gasteiger partial charge in [-0.1, -0.05) is 80.6 Å². The summed E-state index contributed by atoms with van der Waals surface area (Å²) in [4.78, 5) is 0. The maximum absolute atomic E-state index is 6.15. The van der Waals surface area contributed by atoms with Crippen LogP contribution in [0.4, 0.5) is 0 Å². The van der Waals surface area contributed by atoms with E-state index in [1.807, 2.05) is 0 Å². The highest BCUT2D eigenvalue weighted by molar-refractivity contribution is 9.09. The van der Waals surface area contributed by atoms with E-state index >= 15 is 0 Å². The molecule has 16 heavy (non-hydrogen) atoms. The van der Waals surface area contributed by atoms with E-state index in [1.54, 1.807) is 0 Å². The standard InChI is InChI=1S/C14H28BrCl/c1-2-3-4-5-6-7-8-9-10-11-14(16)12-13-15/h14H,2-13H2,1H3. The van der Waals surface area contributed by atoms with Gasteiger partial charge in [-0.2, -0.15) is 0 Å². The zero-order valence-electron chi connectivity index (χ0n) is 10.8. The molecule has 0 aromatic rings. The second-order valence-electron chi connectivity index (χ2n) is 4.69. The third-order valence-corrected chi connectivity index (χ3v) is 3.94. The first kappa shape index (κ1) is 16.8. The van der Waals surface area contributed by atoms with Crippen molar-refractivity contribution in [2.24, 2.45) is 0 Å². The normalized spacial score (nSPS) is 12.9. The second-order valence-corrected chi connectivity index (χ2v) is 6.10. The minimum atomic E-state index is 0.393. The van der Waals surface area contributed by atoms with Gasteiger partial charge in [0.05, 0.1) is 0 Å². The predicted octanol–water partition coefficient (Wildman–Crippen LogP) is 6.30. The quantitative estimate of drug-likeness (QED) is 0.293. The summed E-state index contributed by atoms with van der Waals surface area (Å²) in [6.45, 7) is 2.27. The van der Waals surface area contributed by atoms with E-state index in [1.165, 1.54) is 64.2 Å². The van der Waals surface area contributed by atoms with Crippen molar-refractivity contribution in [1.82, 2.24) is 0 Å². The van der Waals surface area contributed by atoms with E-state index < -0.39 is 0 Å². The average Bonchev–Trinajstić information content (AvgIpc) is 2.27. The Labute approximate surface area is 116 Å². The fraction of sp³-hybridized carbons (Fsp3) is 1.00. The molecule has 0 nitrogen and oxygen atoms in total. The Morgan fingerprint density at radius 2 is 1.31 bits per heavy atom. The molecule has 1 atom stereocenters. The van der Waals surface area contributed by atoms with Crippen LogP contribution in [0.1, 0.15) is 77.6 Å². The maximum atomic E-state index is 6.15. The monoisotopic (exact) mass is 310 g/mol. The van der Waals surface area contributed by atoms with E-state index in [0.717, 1.165) is 11.8 Å². The third-order valence-electron chi connectivity index (χ3n) is 3.04. The minimum Gasteiger partial charge on any atom is -0.123 e. The van der Waals surface area contributed by atoms with Crippen molar-refractivity contribution in [3.8, 4) is 0 Å². The van der Waals surface area contributed by atoms with Gasteiger partial charge < -0.3 is 0 Å². The van der Waals surface area contributed by atoms with E-state index in [-0.39, 0.29) is 0 Å². The lowest BCUT2D eigenvalue weighted by atomic mass is 10.1. The lowest BCUT2D eigenvalue weighted by Crippen LogP contribution is -1.98. The molecule has 0 spiro atoms. The van der Waals surface area contributed by atoms with Gasteiger partial charge in [-0.3, -0.25) is 0 Å². The molecule has 0 aromatic carbocycles. The zero-order valence-corrected chi connectivity index (χ0v) is 13.2. The number of unbranched alkanes of at least 4 members (excludes halogenated alkanes) is 8. The first-order valence-electron chi connectivity index (χ1n) is 7.01. The van der Waals surface area contributed by atoms with Gasteiger partial charge in [0.1, 0.15) is 0 Å². The SMILES string of the molecule is CCCCCCCCCCCC(Cl)CCBr. The second kappa shape index (κ2) is 13.8. The highest BCUT2D eigenvalue weighted by Crippen LogP contribution is 2.15. The molecule has 0 heterocycles. The van der Waals surface area contributed by atoms with Crippen LogP contribution in [0.15, 0.2) is 0 Å². The van der Waals surface area contributed by atoms with Crippen LogP contribution in [0.25, 0.3) is 0 Å². The van der Waals surface area contributed by atoms with Crippen molar-refractivity contribution in [3.05, 3.63) is 0 Å². The molecule has 0 N–H and O–H groups in total. The fourth-order valence-corrected chi connectivity index (χ4v) is 3.02. The smallest absolute Gasteiger partial charge is 0.0344 e. The van der Waals surface area contributed by atoms with Crippen molar-refractivity contribution in [2.75, 3.05) is 5.33 Å². The van der Waals surface area contributed by atoms with Crippen LogP contribution in [-0.4, -0.2) is 10.7 Å². The molecule has 0 fully saturated rings. The number of hydrogen-bond acceptors (Lipinski definition) is 0. The maximum Gasteiger partial charge on any atom is 0.0344 e. The topological polar surface area (TPSA) is 0 Å². The number of hydrogen-bond donors (Lipinski definition) is 0. The molecule has 0 aliphatic heterocycles. The third kappa shape index (κ3) is 12.8. The molecule has 0 saturated carbocycles. The summed E-state index contributed by atoms with van der Waals surface area (Å²) in [7, 11) is 0. The van der Waals surface area contributed by atoms with Crippen LogP contribution in [0, 0.1) is 0 Å². The van der Waals surface area contributed by atoms with Gasteiger partial charge in [0.15, 0.2) is 0 Å². The van der Waals surface area contributed by atoms with E-state index in [2.05, 4.69) is 22.9 Å². The first-order valence-corrected chi connectivity index (χ1v) is 8.57. The van der Waals surface area contributed by atoms with Crippen molar-refractivity contribution in [2.45, 2.75) is 82.9 Å². The predicted molar refractivity (Wildman–Crippen MR) is 79.9 cm³/mol. The minimum absolute atomic E-state index is 0.393. The van der Waals surface area contributed by atoms with Gasteiger partial charge in [-0.15, -0.1) is 11.6 Å². The Morgan fingerprint density at radius 3 is 1.81 bits per heavy atom. The molecule has 0 rings (SSSR count). The van der Waals surface area contributed by atoms with Crippen LogP contribution in [-0.2, 0) is 0 Å². The van der Waals surface area contributed by atoms with E-state index in [9.17, 15) is 0 Å². The molecule has 98 valence electrons. The number of halogens is 2. The molecular formula is C14H28BrCl. The highest BCUT2D eigenvalue weighted by atomic mass is 79.9. The van der Waals surface area contributed by atoms with Gasteiger partial charge >= 0.3 is 0 Å². The van der Waals surface area contributed by atoms with Gasteiger partial charge in [-0.05, 0) is 12.8 Å². The summed E-state index contributed by atoms with van der Waals surface area (Å²) in [5.41, 5.74) is 0. The van der Waals surface area contributed by atoms with Crippen LogP contribution >= 0.6 is 27.5 Å². The summed E-state index contributed by atoms with van der Waals surface area (Å²) in [5.74, 6) is 0. The van der Waals surface area contributed by atoms with Gasteiger partial charge in [0, 0.05) is 10.7 Å². The van der Waals surface area contributed by atoms with Crippen molar-refractivity contribution >= 4 is 27.5 Å². The molecule has 0 saturated heterocycles. The van der Waals surface area contributed by atoms with Crippen LogP contribution in [0.5, 0.6) is 0 Å². The zero-order chi connectivity index (χ0) is 12.1. The molecule has 1 unspecified atom stereocenters. The number of alkyl halides is 2. The Kier molecular flexibility index (Phi) is 14.5. The van der Waals surface area contributed by atoms with Crippen LogP contribution in [0.3, 0.4) is 0 Å². The Hall–Kier alpha value is 0.770. The molecule has 0 amide bonds. The van der Waals surface area contributed by atoms with Crippen molar-refractivity contribution < 1.29 is 0 Å². The highest BCUT2D eigenvalue weighted by Gasteiger charge is 2.02. The Morgan fingerprint density at radius 1 is 0.812 bits per heavy atom. The van der Waals surface area contributed by atoms with E-state index in [0.29, 0.717) is 5.38 Å².